The van der Waals surface area contributed by atoms with Crippen LogP contribution in [0.4, 0.5) is 0 Å². The molecule has 1 saturated carbocycles. The molecule has 1 atom stereocenters. The molecule has 2 N–H and O–H groups in total. The second-order valence-corrected chi connectivity index (χ2v) is 4.69. The van der Waals surface area contributed by atoms with Crippen LogP contribution in [0.3, 0.4) is 0 Å². The Hall–Kier alpha value is -0.340. The summed E-state index contributed by atoms with van der Waals surface area (Å²) in [6.45, 7) is 5.67. The average Bonchev–Trinajstić information content (AvgIpc) is 2.30. The van der Waals surface area contributed by atoms with Crippen molar-refractivity contribution in [2.75, 3.05) is 0 Å². The molecule has 0 aromatic heterocycles. The molecule has 0 bridgehead atoms. The van der Waals surface area contributed by atoms with E-state index in [1.54, 1.807) is 0 Å². The topological polar surface area (TPSA) is 40.5 Å². The Labute approximate surface area is 86.6 Å². The fourth-order valence-electron chi connectivity index (χ4n) is 2.19. The second kappa shape index (κ2) is 4.94. The third-order valence-corrected chi connectivity index (χ3v) is 3.13. The van der Waals surface area contributed by atoms with E-state index in [4.69, 9.17) is 0 Å². The van der Waals surface area contributed by atoms with Gasteiger partial charge in [0.25, 0.3) is 0 Å². The van der Waals surface area contributed by atoms with Gasteiger partial charge >= 0.3 is 0 Å². The van der Waals surface area contributed by atoms with Crippen LogP contribution in [0.15, 0.2) is 12.2 Å². The molecule has 1 aliphatic carbocycles. The van der Waals surface area contributed by atoms with Gasteiger partial charge in [0.1, 0.15) is 0 Å². The molecular formula is C12H22O2. The maximum Gasteiger partial charge on any atom is 0.0908 e. The van der Waals surface area contributed by atoms with Gasteiger partial charge in [0.05, 0.1) is 11.7 Å². The lowest BCUT2D eigenvalue weighted by Crippen LogP contribution is -2.41. The predicted octanol–water partition coefficient (Wildman–Crippen LogP) is 2.40. The van der Waals surface area contributed by atoms with Crippen LogP contribution in [-0.2, 0) is 0 Å². The molecule has 0 amide bonds. The zero-order valence-electron chi connectivity index (χ0n) is 9.13. The molecule has 1 unspecified atom stereocenters. The van der Waals surface area contributed by atoms with Crippen LogP contribution >= 0.6 is 0 Å². The summed E-state index contributed by atoms with van der Waals surface area (Å²) < 4.78 is 0. The number of rotatable bonds is 3. The first-order chi connectivity index (χ1) is 6.54. The van der Waals surface area contributed by atoms with Gasteiger partial charge in [0.2, 0.25) is 0 Å². The van der Waals surface area contributed by atoms with E-state index in [2.05, 4.69) is 6.58 Å². The average molecular weight is 198 g/mol. The molecule has 82 valence electrons. The van der Waals surface area contributed by atoms with Crippen molar-refractivity contribution >= 4 is 0 Å². The van der Waals surface area contributed by atoms with E-state index >= 15 is 0 Å². The van der Waals surface area contributed by atoms with Crippen LogP contribution < -0.4 is 0 Å². The number of hydrogen-bond acceptors (Lipinski definition) is 2. The van der Waals surface area contributed by atoms with Crippen LogP contribution in [-0.4, -0.2) is 21.9 Å². The summed E-state index contributed by atoms with van der Waals surface area (Å²) in [5.74, 6) is 0. The zero-order valence-corrected chi connectivity index (χ0v) is 9.13. The maximum absolute atomic E-state index is 10.3. The second-order valence-electron chi connectivity index (χ2n) is 4.69. The van der Waals surface area contributed by atoms with Gasteiger partial charge < -0.3 is 10.2 Å². The maximum atomic E-state index is 10.3. The molecule has 2 nitrogen and oxygen atoms in total. The Morgan fingerprint density at radius 2 is 1.79 bits per heavy atom. The molecule has 0 aliphatic heterocycles. The molecule has 1 fully saturated rings. The van der Waals surface area contributed by atoms with Crippen LogP contribution in [0.5, 0.6) is 0 Å². The first kappa shape index (κ1) is 11.7. The van der Waals surface area contributed by atoms with E-state index in [1.165, 1.54) is 12.8 Å². The van der Waals surface area contributed by atoms with E-state index in [1.807, 2.05) is 6.92 Å². The fourth-order valence-corrected chi connectivity index (χ4v) is 2.19. The summed E-state index contributed by atoms with van der Waals surface area (Å²) in [7, 11) is 0. The van der Waals surface area contributed by atoms with Gasteiger partial charge in [0.15, 0.2) is 0 Å². The van der Waals surface area contributed by atoms with Crippen LogP contribution in [0.1, 0.15) is 51.9 Å². The van der Waals surface area contributed by atoms with Crippen LogP contribution in [0, 0.1) is 0 Å². The largest absolute Gasteiger partial charge is 0.390 e. The molecule has 0 saturated heterocycles. The van der Waals surface area contributed by atoms with Crippen molar-refractivity contribution in [2.24, 2.45) is 0 Å². The Bertz CT molecular complexity index is 190. The van der Waals surface area contributed by atoms with E-state index in [-0.39, 0.29) is 0 Å². The third kappa shape index (κ3) is 3.10. The molecule has 14 heavy (non-hydrogen) atoms. The third-order valence-electron chi connectivity index (χ3n) is 3.13. The first-order valence-corrected chi connectivity index (χ1v) is 5.59. The molecule has 0 heterocycles. The van der Waals surface area contributed by atoms with Gasteiger partial charge in [0, 0.05) is 0 Å². The summed E-state index contributed by atoms with van der Waals surface area (Å²) in [5.41, 5.74) is 0.0882. The Morgan fingerprint density at radius 3 is 2.21 bits per heavy atom. The number of aliphatic hydroxyl groups is 2. The van der Waals surface area contributed by atoms with Gasteiger partial charge in [-0.1, -0.05) is 31.3 Å². The van der Waals surface area contributed by atoms with Crippen molar-refractivity contribution in [3.63, 3.8) is 0 Å². The molecule has 0 aromatic rings. The minimum atomic E-state index is -0.852. The lowest BCUT2D eigenvalue weighted by Gasteiger charge is -2.32. The van der Waals surface area contributed by atoms with Crippen molar-refractivity contribution in [1.29, 1.82) is 0 Å². The number of aliphatic hydroxyl groups excluding tert-OH is 1. The fraction of sp³-hybridized carbons (Fsp3) is 0.833. The zero-order chi connectivity index (χ0) is 10.6. The SMILES string of the molecule is C=C(C)CC(O)C1(O)CCCCCC1. The minimum absolute atomic E-state index is 0.524. The van der Waals surface area contributed by atoms with E-state index in [9.17, 15) is 10.2 Å². The van der Waals surface area contributed by atoms with Gasteiger partial charge in [-0.15, -0.1) is 6.58 Å². The number of hydrogen-bond donors (Lipinski definition) is 2. The lowest BCUT2D eigenvalue weighted by atomic mass is 9.85. The monoisotopic (exact) mass is 198 g/mol. The molecule has 1 rings (SSSR count). The Morgan fingerprint density at radius 1 is 1.29 bits per heavy atom. The Balaban J connectivity index is 2.56. The molecule has 0 spiro atoms. The normalized spacial score (nSPS) is 23.9. The predicted molar refractivity (Wildman–Crippen MR) is 58.1 cm³/mol. The van der Waals surface area contributed by atoms with Gasteiger partial charge in [-0.25, -0.2) is 0 Å². The summed E-state index contributed by atoms with van der Waals surface area (Å²) >= 11 is 0. The van der Waals surface area contributed by atoms with Crippen molar-refractivity contribution in [2.45, 2.75) is 63.6 Å². The molecule has 0 aromatic carbocycles. The summed E-state index contributed by atoms with van der Waals surface area (Å²) in [6, 6.07) is 0. The van der Waals surface area contributed by atoms with Gasteiger partial charge in [-0.2, -0.15) is 0 Å². The standard InChI is InChI=1S/C12H22O2/c1-10(2)9-11(13)12(14)7-5-3-4-6-8-12/h11,13-14H,1,3-9H2,2H3. The Kier molecular flexibility index (Phi) is 4.14. The first-order valence-electron chi connectivity index (χ1n) is 5.59. The lowest BCUT2D eigenvalue weighted by molar-refractivity contribution is -0.0835. The van der Waals surface area contributed by atoms with Crippen molar-refractivity contribution in [3.8, 4) is 0 Å². The van der Waals surface area contributed by atoms with Crippen molar-refractivity contribution < 1.29 is 10.2 Å². The summed E-state index contributed by atoms with van der Waals surface area (Å²) in [4.78, 5) is 0. The smallest absolute Gasteiger partial charge is 0.0908 e. The van der Waals surface area contributed by atoms with E-state index in [0.717, 1.165) is 31.3 Å². The summed E-state index contributed by atoms with van der Waals surface area (Å²) in [6.07, 6.45) is 5.80. The van der Waals surface area contributed by atoms with Crippen LogP contribution in [0.2, 0.25) is 0 Å². The van der Waals surface area contributed by atoms with Crippen molar-refractivity contribution in [3.05, 3.63) is 12.2 Å². The summed E-state index contributed by atoms with van der Waals surface area (Å²) in [5, 5.41) is 20.2. The molecular weight excluding hydrogens is 176 g/mol. The van der Waals surface area contributed by atoms with Gasteiger partial charge in [-0.3, -0.25) is 0 Å². The molecule has 2 heteroatoms. The van der Waals surface area contributed by atoms with Crippen molar-refractivity contribution in [1.82, 2.24) is 0 Å². The molecule has 0 radical (unpaired) electrons. The quantitative estimate of drug-likeness (QED) is 0.540. The molecule has 1 aliphatic rings. The van der Waals surface area contributed by atoms with Gasteiger partial charge in [-0.05, 0) is 26.2 Å². The minimum Gasteiger partial charge on any atom is -0.390 e. The highest BCUT2D eigenvalue weighted by molar-refractivity contribution is 4.98. The van der Waals surface area contributed by atoms with Crippen LogP contribution in [0.25, 0.3) is 0 Å². The highest BCUT2D eigenvalue weighted by Gasteiger charge is 2.35. The highest BCUT2D eigenvalue weighted by Crippen LogP contribution is 2.31. The van der Waals surface area contributed by atoms with E-state index in [0.29, 0.717) is 6.42 Å². The highest BCUT2D eigenvalue weighted by atomic mass is 16.3. The van der Waals surface area contributed by atoms with E-state index < -0.39 is 11.7 Å².